The van der Waals surface area contributed by atoms with Gasteiger partial charge in [-0.2, -0.15) is 0 Å². The fraction of sp³-hybridized carbons (Fsp3) is 0.381. The molecule has 0 aromatic heterocycles. The van der Waals surface area contributed by atoms with Crippen molar-refractivity contribution in [2.75, 3.05) is 19.3 Å². The third kappa shape index (κ3) is 3.88. The highest BCUT2D eigenvalue weighted by Crippen LogP contribution is 2.51. The predicted octanol–water partition coefficient (Wildman–Crippen LogP) is 3.08. The summed E-state index contributed by atoms with van der Waals surface area (Å²) in [5.74, 6) is -0.127. The van der Waals surface area contributed by atoms with Crippen LogP contribution in [0, 0.1) is 11.7 Å². The maximum absolute atomic E-state index is 14.6. The molecule has 0 spiro atoms. The lowest BCUT2D eigenvalue weighted by Gasteiger charge is -2.17. The van der Waals surface area contributed by atoms with E-state index in [1.54, 1.807) is 12.3 Å². The summed E-state index contributed by atoms with van der Waals surface area (Å²) in [6.45, 7) is 1.28. The molecular weight excluding hydrogens is 363 g/mol. The monoisotopic (exact) mass is 386 g/mol. The van der Waals surface area contributed by atoms with Crippen LogP contribution >= 0.6 is 0 Å². The molecule has 2 aliphatic rings. The van der Waals surface area contributed by atoms with Crippen LogP contribution in [-0.2, 0) is 16.2 Å². The molecule has 2 aromatic rings. The van der Waals surface area contributed by atoms with Crippen LogP contribution in [0.5, 0.6) is 0 Å². The van der Waals surface area contributed by atoms with Crippen LogP contribution in [0.1, 0.15) is 24.3 Å². The number of carbonyl (C=O) groups excluding carboxylic acids is 1. The van der Waals surface area contributed by atoms with E-state index in [2.05, 4.69) is 4.72 Å². The Balaban J connectivity index is 1.50. The van der Waals surface area contributed by atoms with Crippen molar-refractivity contribution in [3.8, 4) is 11.1 Å². The lowest BCUT2D eigenvalue weighted by molar-refractivity contribution is -0.131. The summed E-state index contributed by atoms with van der Waals surface area (Å²) >= 11 is -1.07. The van der Waals surface area contributed by atoms with Crippen LogP contribution in [0.2, 0.25) is 0 Å². The molecule has 4 rings (SSSR count). The van der Waals surface area contributed by atoms with E-state index in [9.17, 15) is 13.7 Å². The number of carbonyl (C=O) groups is 1. The second kappa shape index (κ2) is 7.62. The van der Waals surface area contributed by atoms with Crippen LogP contribution in [0.25, 0.3) is 11.1 Å². The van der Waals surface area contributed by atoms with E-state index >= 15 is 0 Å². The number of amides is 1. The van der Waals surface area contributed by atoms with Gasteiger partial charge in [0.15, 0.2) is 0 Å². The summed E-state index contributed by atoms with van der Waals surface area (Å²) in [6.07, 6.45) is 3.19. The zero-order chi connectivity index (χ0) is 19.0. The van der Waals surface area contributed by atoms with Crippen molar-refractivity contribution >= 4 is 17.3 Å². The summed E-state index contributed by atoms with van der Waals surface area (Å²) in [7, 11) is 0. The summed E-state index contributed by atoms with van der Waals surface area (Å²) in [5, 5.41) is 0. The Hall–Kier alpha value is -1.89. The molecular formula is C21H23FN2O2S. The smallest absolute Gasteiger partial charge is 0.226 e. The Labute approximate surface area is 162 Å². The van der Waals surface area contributed by atoms with Crippen LogP contribution < -0.4 is 4.72 Å². The first-order valence-corrected chi connectivity index (χ1v) is 10.8. The quantitative estimate of drug-likeness (QED) is 0.804. The normalized spacial score (nSPS) is 25.4. The van der Waals surface area contributed by atoms with Gasteiger partial charge in [-0.25, -0.2) is 4.39 Å². The maximum Gasteiger partial charge on any atom is 0.226 e. The number of rotatable bonds is 5. The third-order valence-electron chi connectivity index (χ3n) is 5.45. The Morgan fingerprint density at radius 3 is 2.74 bits per heavy atom. The summed E-state index contributed by atoms with van der Waals surface area (Å²) in [6, 6.07) is 14.8. The predicted molar refractivity (Wildman–Crippen MR) is 105 cm³/mol. The molecule has 4 nitrogen and oxygen atoms in total. The van der Waals surface area contributed by atoms with Gasteiger partial charge in [0.05, 0.1) is 6.04 Å². The van der Waals surface area contributed by atoms with Gasteiger partial charge in [0.2, 0.25) is 5.91 Å². The molecule has 142 valence electrons. The Bertz CT molecular complexity index is 830. The standard InChI is InChI=1S/C21H23FN2O2S/c1-27(26)23-15-10-11-24(13-15)21(25)18-12-17(18)16-8-5-9-19(22)20(16)14-6-3-2-4-7-14/h2-9,15,17-18,23H,10-13H2,1H3. The lowest BCUT2D eigenvalue weighted by atomic mass is 9.95. The molecule has 1 aliphatic carbocycles. The van der Waals surface area contributed by atoms with Crippen molar-refractivity contribution in [2.45, 2.75) is 24.8 Å². The molecule has 1 saturated heterocycles. The molecule has 0 radical (unpaired) electrons. The van der Waals surface area contributed by atoms with Gasteiger partial charge >= 0.3 is 0 Å². The molecule has 1 amide bonds. The highest BCUT2D eigenvalue weighted by Gasteiger charge is 2.48. The molecule has 6 heteroatoms. The SMILES string of the molecule is C[S+]([O-])NC1CCN(C(=O)C2CC2c2cccc(F)c2-c2ccccc2)C1. The van der Waals surface area contributed by atoms with Crippen molar-refractivity contribution < 1.29 is 13.7 Å². The second-order valence-corrected chi connectivity index (χ2v) is 8.50. The molecule has 27 heavy (non-hydrogen) atoms. The lowest BCUT2D eigenvalue weighted by Crippen LogP contribution is -2.38. The molecule has 4 unspecified atom stereocenters. The summed E-state index contributed by atoms with van der Waals surface area (Å²) < 4.78 is 28.9. The molecule has 1 N–H and O–H groups in total. The molecule has 1 saturated carbocycles. The first-order chi connectivity index (χ1) is 13.0. The molecule has 1 heterocycles. The Morgan fingerprint density at radius 1 is 1.22 bits per heavy atom. The van der Waals surface area contributed by atoms with E-state index in [-0.39, 0.29) is 29.6 Å². The van der Waals surface area contributed by atoms with Crippen molar-refractivity contribution in [3.05, 3.63) is 59.9 Å². The van der Waals surface area contributed by atoms with Crippen LogP contribution in [-0.4, -0.2) is 40.7 Å². The number of benzene rings is 2. The van der Waals surface area contributed by atoms with E-state index in [1.165, 1.54) is 6.07 Å². The van der Waals surface area contributed by atoms with Gasteiger partial charge in [-0.3, -0.25) is 4.79 Å². The first-order valence-electron chi connectivity index (χ1n) is 9.27. The van der Waals surface area contributed by atoms with Gasteiger partial charge in [-0.1, -0.05) is 42.5 Å². The summed E-state index contributed by atoms with van der Waals surface area (Å²) in [5.41, 5.74) is 2.38. The third-order valence-corrected chi connectivity index (χ3v) is 6.11. The van der Waals surface area contributed by atoms with E-state index in [0.717, 1.165) is 24.0 Å². The van der Waals surface area contributed by atoms with Crippen LogP contribution in [0.4, 0.5) is 4.39 Å². The minimum absolute atomic E-state index is 0.0655. The van der Waals surface area contributed by atoms with Crippen LogP contribution in [0.3, 0.4) is 0 Å². The molecule has 1 aliphatic heterocycles. The van der Waals surface area contributed by atoms with Gasteiger partial charge in [-0.15, -0.1) is 4.72 Å². The highest BCUT2D eigenvalue weighted by molar-refractivity contribution is 7.88. The topological polar surface area (TPSA) is 55.4 Å². The Morgan fingerprint density at radius 2 is 2.00 bits per heavy atom. The van der Waals surface area contributed by atoms with Gasteiger partial charge in [0, 0.05) is 35.9 Å². The van der Waals surface area contributed by atoms with E-state index in [1.807, 2.05) is 41.3 Å². The van der Waals surface area contributed by atoms with Crippen molar-refractivity contribution in [2.24, 2.45) is 5.92 Å². The fourth-order valence-electron chi connectivity index (χ4n) is 4.10. The molecule has 2 fully saturated rings. The maximum atomic E-state index is 14.6. The fourth-order valence-corrected chi connectivity index (χ4v) is 4.76. The number of nitrogens with one attached hydrogen (secondary N) is 1. The Kier molecular flexibility index (Phi) is 5.21. The van der Waals surface area contributed by atoms with Gasteiger partial charge in [0.25, 0.3) is 0 Å². The van der Waals surface area contributed by atoms with Gasteiger partial charge in [0.1, 0.15) is 12.1 Å². The molecule has 2 aromatic carbocycles. The van der Waals surface area contributed by atoms with Crippen LogP contribution in [0.15, 0.2) is 48.5 Å². The van der Waals surface area contributed by atoms with Crippen molar-refractivity contribution in [1.82, 2.24) is 9.62 Å². The number of nitrogens with zero attached hydrogens (tertiary/aromatic N) is 1. The average molecular weight is 386 g/mol. The number of hydrogen-bond acceptors (Lipinski definition) is 3. The number of hydrogen-bond donors (Lipinski definition) is 1. The van der Waals surface area contributed by atoms with E-state index in [4.69, 9.17) is 0 Å². The molecule has 0 bridgehead atoms. The van der Waals surface area contributed by atoms with Gasteiger partial charge < -0.3 is 9.45 Å². The van der Waals surface area contributed by atoms with E-state index in [0.29, 0.717) is 18.7 Å². The van der Waals surface area contributed by atoms with E-state index < -0.39 is 11.4 Å². The van der Waals surface area contributed by atoms with Gasteiger partial charge in [-0.05, 0) is 36.0 Å². The minimum atomic E-state index is -1.07. The first kappa shape index (κ1) is 18.5. The number of likely N-dealkylation sites (tertiary alicyclic amines) is 1. The van der Waals surface area contributed by atoms with Crippen molar-refractivity contribution in [1.29, 1.82) is 0 Å². The zero-order valence-corrected chi connectivity index (χ0v) is 16.0. The summed E-state index contributed by atoms with van der Waals surface area (Å²) in [4.78, 5) is 14.7. The zero-order valence-electron chi connectivity index (χ0n) is 15.2. The average Bonchev–Trinajstić information content (AvgIpc) is 3.32. The second-order valence-electron chi connectivity index (χ2n) is 7.36. The minimum Gasteiger partial charge on any atom is -0.598 e. The molecule has 4 atom stereocenters. The highest BCUT2D eigenvalue weighted by atomic mass is 32.2. The largest absolute Gasteiger partial charge is 0.598 e. The number of halogens is 1. The van der Waals surface area contributed by atoms with Crippen molar-refractivity contribution in [3.63, 3.8) is 0 Å².